The second kappa shape index (κ2) is 6.20. The third kappa shape index (κ3) is 2.49. The van der Waals surface area contributed by atoms with Crippen molar-refractivity contribution in [3.05, 3.63) is 42.0 Å². The number of para-hydroxylation sites is 1. The minimum absolute atomic E-state index is 0.108. The van der Waals surface area contributed by atoms with E-state index in [0.29, 0.717) is 11.3 Å². The summed E-state index contributed by atoms with van der Waals surface area (Å²) in [4.78, 5) is 0. The second-order valence-electron chi connectivity index (χ2n) is 10.9. The van der Waals surface area contributed by atoms with Crippen molar-refractivity contribution < 1.29 is 5.11 Å². The van der Waals surface area contributed by atoms with Gasteiger partial charge < -0.3 is 5.11 Å². The van der Waals surface area contributed by atoms with Crippen LogP contribution >= 0.6 is 0 Å². The number of hydrazone groups is 1. The molecule has 7 unspecified atom stereocenters. The minimum atomic E-state index is -0.108. The molecule has 4 aliphatic carbocycles. The molecular formula is C26H34N2O. The van der Waals surface area contributed by atoms with E-state index < -0.39 is 0 Å². The zero-order chi connectivity index (χ0) is 19.8. The van der Waals surface area contributed by atoms with Crippen LogP contribution in [-0.2, 0) is 0 Å². The molecule has 1 heterocycles. The molecule has 0 spiro atoms. The Bertz CT molecular complexity index is 876. The molecule has 6 rings (SSSR count). The van der Waals surface area contributed by atoms with Crippen LogP contribution in [0.5, 0.6) is 0 Å². The number of aliphatic hydroxyl groups excluding tert-OH is 1. The lowest BCUT2D eigenvalue weighted by atomic mass is 9.48. The van der Waals surface area contributed by atoms with E-state index in [9.17, 15) is 5.11 Å². The van der Waals surface area contributed by atoms with Crippen LogP contribution in [0, 0.1) is 34.5 Å². The van der Waals surface area contributed by atoms with E-state index in [1.807, 2.05) is 0 Å². The van der Waals surface area contributed by atoms with Crippen LogP contribution in [0.4, 0.5) is 5.69 Å². The van der Waals surface area contributed by atoms with Crippen LogP contribution in [0.1, 0.15) is 58.8 Å². The zero-order valence-electron chi connectivity index (χ0n) is 17.8. The Morgan fingerprint density at radius 2 is 1.83 bits per heavy atom. The molecule has 0 radical (unpaired) electrons. The topological polar surface area (TPSA) is 35.8 Å². The van der Waals surface area contributed by atoms with Crippen LogP contribution in [0.25, 0.3) is 0 Å². The first-order chi connectivity index (χ1) is 14.0. The van der Waals surface area contributed by atoms with E-state index in [-0.39, 0.29) is 11.5 Å². The molecule has 5 aliphatic rings. The minimum Gasteiger partial charge on any atom is -0.393 e. The molecule has 0 bridgehead atoms. The van der Waals surface area contributed by atoms with Gasteiger partial charge in [-0.05, 0) is 80.2 Å². The maximum absolute atomic E-state index is 10.2. The van der Waals surface area contributed by atoms with Crippen molar-refractivity contribution in [3.8, 4) is 0 Å². The summed E-state index contributed by atoms with van der Waals surface area (Å²) in [6, 6.07) is 10.7. The first kappa shape index (κ1) is 18.2. The highest BCUT2D eigenvalue weighted by molar-refractivity contribution is 5.97. The molecule has 0 saturated heterocycles. The first-order valence-electron chi connectivity index (χ1n) is 11.8. The van der Waals surface area contributed by atoms with Crippen molar-refractivity contribution in [1.29, 1.82) is 0 Å². The number of fused-ring (bicyclic) bond motifs is 7. The molecule has 0 amide bonds. The summed E-state index contributed by atoms with van der Waals surface area (Å²) in [5, 5.41) is 17.7. The Morgan fingerprint density at radius 3 is 2.66 bits per heavy atom. The van der Waals surface area contributed by atoms with Crippen molar-refractivity contribution in [2.75, 3.05) is 11.6 Å². The van der Waals surface area contributed by atoms with E-state index in [1.165, 1.54) is 43.5 Å². The molecule has 3 nitrogen and oxygen atoms in total. The van der Waals surface area contributed by atoms with E-state index in [1.54, 1.807) is 5.57 Å². The van der Waals surface area contributed by atoms with Gasteiger partial charge in [0.25, 0.3) is 0 Å². The molecule has 1 aromatic rings. The molecule has 3 heteroatoms. The lowest BCUT2D eigenvalue weighted by Gasteiger charge is -2.57. The fourth-order valence-corrected chi connectivity index (χ4v) is 8.10. The third-order valence-corrected chi connectivity index (χ3v) is 9.65. The summed E-state index contributed by atoms with van der Waals surface area (Å²) in [5.74, 6) is 3.02. The Balaban J connectivity index is 1.31. The quantitative estimate of drug-likeness (QED) is 0.651. The molecule has 0 aromatic heterocycles. The predicted octanol–water partition coefficient (Wildman–Crippen LogP) is 5.41. The van der Waals surface area contributed by atoms with Crippen LogP contribution in [0.3, 0.4) is 0 Å². The smallest absolute Gasteiger partial charge is 0.0594 e. The second-order valence-corrected chi connectivity index (χ2v) is 10.9. The summed E-state index contributed by atoms with van der Waals surface area (Å²) in [5.41, 5.74) is 4.93. The fourth-order valence-electron chi connectivity index (χ4n) is 8.10. The molecule has 3 fully saturated rings. The number of nitrogens with zero attached hydrogens (tertiary/aromatic N) is 2. The van der Waals surface area contributed by atoms with E-state index >= 15 is 0 Å². The average Bonchev–Trinajstić information content (AvgIpc) is 3.27. The molecule has 1 N–H and O–H groups in total. The average molecular weight is 391 g/mol. The predicted molar refractivity (Wildman–Crippen MR) is 118 cm³/mol. The number of hydrogen-bond acceptors (Lipinski definition) is 3. The molecular weight excluding hydrogens is 356 g/mol. The summed E-state index contributed by atoms with van der Waals surface area (Å²) in [6.45, 7) is 6.12. The van der Waals surface area contributed by atoms with Gasteiger partial charge in [-0.2, -0.15) is 5.10 Å². The fraction of sp³-hybridized carbons (Fsp3) is 0.654. The van der Waals surface area contributed by atoms with E-state index in [0.717, 1.165) is 37.1 Å². The highest BCUT2D eigenvalue weighted by Gasteiger charge is 2.61. The van der Waals surface area contributed by atoms with Gasteiger partial charge in [0.05, 0.1) is 11.8 Å². The van der Waals surface area contributed by atoms with Crippen LogP contribution in [-0.4, -0.2) is 23.5 Å². The highest BCUT2D eigenvalue weighted by Crippen LogP contribution is 2.65. The monoisotopic (exact) mass is 390 g/mol. The molecule has 1 aromatic carbocycles. The molecule has 1 aliphatic heterocycles. The standard InChI is InChI=1S/C26H34N2O/c1-25-12-10-20(29)15-18(25)8-9-21-22(25)11-13-26(2)23(21)14-17-16-28(27-24(17)26)19-6-4-3-5-7-19/h3-8,17,20-23,29H,9-16H2,1-2H3. The third-order valence-electron chi connectivity index (χ3n) is 9.65. The molecule has 154 valence electrons. The Kier molecular flexibility index (Phi) is 3.89. The Labute approximate surface area is 174 Å². The van der Waals surface area contributed by atoms with Gasteiger partial charge in [0, 0.05) is 23.6 Å². The molecule has 3 saturated carbocycles. The van der Waals surface area contributed by atoms with Crippen molar-refractivity contribution in [3.63, 3.8) is 0 Å². The number of hydrogen-bond donors (Lipinski definition) is 1. The van der Waals surface area contributed by atoms with Crippen LogP contribution in [0.15, 0.2) is 47.1 Å². The number of allylic oxidation sites excluding steroid dienone is 1. The van der Waals surface area contributed by atoms with Crippen molar-refractivity contribution in [2.24, 2.45) is 39.6 Å². The summed E-state index contributed by atoms with van der Waals surface area (Å²) < 4.78 is 0. The van der Waals surface area contributed by atoms with Gasteiger partial charge in [-0.25, -0.2) is 0 Å². The summed E-state index contributed by atoms with van der Waals surface area (Å²) in [6.07, 6.45) is 10.7. The largest absolute Gasteiger partial charge is 0.393 e. The van der Waals surface area contributed by atoms with Crippen molar-refractivity contribution >= 4 is 11.4 Å². The summed E-state index contributed by atoms with van der Waals surface area (Å²) in [7, 11) is 0. The van der Waals surface area contributed by atoms with Crippen molar-refractivity contribution in [2.45, 2.75) is 64.9 Å². The lowest BCUT2D eigenvalue weighted by molar-refractivity contribution is -0.0220. The van der Waals surface area contributed by atoms with Gasteiger partial charge in [-0.15, -0.1) is 0 Å². The van der Waals surface area contributed by atoms with Gasteiger partial charge in [0.15, 0.2) is 0 Å². The number of anilines is 1. The Hall–Kier alpha value is -1.61. The van der Waals surface area contributed by atoms with Crippen LogP contribution in [0.2, 0.25) is 0 Å². The number of benzene rings is 1. The maximum Gasteiger partial charge on any atom is 0.0594 e. The van der Waals surface area contributed by atoms with Crippen molar-refractivity contribution in [1.82, 2.24) is 0 Å². The van der Waals surface area contributed by atoms with Gasteiger partial charge in [-0.3, -0.25) is 5.01 Å². The molecule has 7 atom stereocenters. The number of aliphatic hydroxyl groups is 1. The van der Waals surface area contributed by atoms with Gasteiger partial charge in [0.1, 0.15) is 0 Å². The van der Waals surface area contributed by atoms with E-state index in [4.69, 9.17) is 5.10 Å². The van der Waals surface area contributed by atoms with Crippen LogP contribution < -0.4 is 5.01 Å². The van der Waals surface area contributed by atoms with Gasteiger partial charge in [-0.1, -0.05) is 43.7 Å². The van der Waals surface area contributed by atoms with Gasteiger partial charge in [0.2, 0.25) is 0 Å². The van der Waals surface area contributed by atoms with E-state index in [2.05, 4.69) is 55.3 Å². The maximum atomic E-state index is 10.2. The Morgan fingerprint density at radius 1 is 1.03 bits per heavy atom. The molecule has 29 heavy (non-hydrogen) atoms. The lowest BCUT2D eigenvalue weighted by Crippen LogP contribution is -2.50. The first-order valence-corrected chi connectivity index (χ1v) is 11.8. The normalized spacial score (nSPS) is 45.6. The SMILES string of the molecule is CC12CCC(O)CC1=CCC1C2CCC2(C)C3=NN(c4ccccc4)CC3CC12. The number of rotatable bonds is 1. The van der Waals surface area contributed by atoms with Gasteiger partial charge >= 0.3 is 0 Å². The highest BCUT2D eigenvalue weighted by atomic mass is 16.3. The zero-order valence-corrected chi connectivity index (χ0v) is 17.8. The summed E-state index contributed by atoms with van der Waals surface area (Å²) >= 11 is 0.